The molecule has 0 aliphatic heterocycles. The summed E-state index contributed by atoms with van der Waals surface area (Å²) in [6.07, 6.45) is 0.978. The predicted octanol–water partition coefficient (Wildman–Crippen LogP) is 3.95. The number of fused-ring (bicyclic) bond motifs is 1. The molecule has 0 spiro atoms. The van der Waals surface area contributed by atoms with Crippen LogP contribution in [0.3, 0.4) is 0 Å². The average molecular weight is 456 g/mol. The first kappa shape index (κ1) is 21.3. The van der Waals surface area contributed by atoms with Gasteiger partial charge in [0.1, 0.15) is 5.69 Å². The summed E-state index contributed by atoms with van der Waals surface area (Å²) in [7, 11) is 0. The zero-order valence-electron chi connectivity index (χ0n) is 17.5. The van der Waals surface area contributed by atoms with Gasteiger partial charge >= 0.3 is 0 Å². The molecule has 0 bridgehead atoms. The number of hydrogen-bond donors (Lipinski definition) is 1. The summed E-state index contributed by atoms with van der Waals surface area (Å²) in [4.78, 5) is 30.9. The van der Waals surface area contributed by atoms with Gasteiger partial charge in [-0.3, -0.25) is 14.0 Å². The van der Waals surface area contributed by atoms with Crippen molar-refractivity contribution in [1.29, 1.82) is 0 Å². The van der Waals surface area contributed by atoms with Crippen LogP contribution in [-0.2, 0) is 11.2 Å². The molecule has 4 aromatic rings. The second kappa shape index (κ2) is 8.64. The molecule has 0 aliphatic rings. The Morgan fingerprint density at radius 2 is 2.03 bits per heavy atom. The van der Waals surface area contributed by atoms with Gasteiger partial charge in [0.25, 0.3) is 5.56 Å². The van der Waals surface area contributed by atoms with Crippen LogP contribution in [0.4, 0.5) is 0 Å². The summed E-state index contributed by atoms with van der Waals surface area (Å²) in [5.41, 5.74) is 3.51. The van der Waals surface area contributed by atoms with Crippen LogP contribution >= 0.6 is 22.9 Å². The summed E-state index contributed by atoms with van der Waals surface area (Å²) >= 11 is 7.69. The van der Waals surface area contributed by atoms with Crippen molar-refractivity contribution in [2.24, 2.45) is 0 Å². The number of aryl methyl sites for hydroxylation is 2. The second-order valence-electron chi connectivity index (χ2n) is 7.28. The van der Waals surface area contributed by atoms with E-state index in [1.54, 1.807) is 17.7 Å². The van der Waals surface area contributed by atoms with Gasteiger partial charge in [-0.2, -0.15) is 5.10 Å². The number of benzene rings is 1. The van der Waals surface area contributed by atoms with Crippen molar-refractivity contribution < 1.29 is 4.79 Å². The van der Waals surface area contributed by atoms with E-state index in [1.807, 2.05) is 43.5 Å². The van der Waals surface area contributed by atoms with Gasteiger partial charge in [-0.25, -0.2) is 9.67 Å². The third-order valence-electron chi connectivity index (χ3n) is 4.96. The van der Waals surface area contributed by atoms with Crippen molar-refractivity contribution >= 4 is 33.8 Å². The Morgan fingerprint density at radius 3 is 2.77 bits per heavy atom. The number of para-hydroxylation sites is 1. The normalized spacial score (nSPS) is 11.2. The Hall–Kier alpha value is -2.97. The van der Waals surface area contributed by atoms with Gasteiger partial charge in [0.2, 0.25) is 5.91 Å². The molecule has 1 aromatic carbocycles. The fourth-order valence-corrected chi connectivity index (χ4v) is 4.62. The zero-order chi connectivity index (χ0) is 22.1. The molecule has 0 unspecified atom stereocenters. The van der Waals surface area contributed by atoms with Crippen LogP contribution in [0.25, 0.3) is 21.9 Å². The number of carbonyl (C=O) groups is 1. The highest BCUT2D eigenvalue weighted by Gasteiger charge is 2.20. The Labute approximate surface area is 188 Å². The lowest BCUT2D eigenvalue weighted by Crippen LogP contribution is -2.28. The Bertz CT molecular complexity index is 1340. The van der Waals surface area contributed by atoms with Crippen LogP contribution in [0.2, 0.25) is 5.02 Å². The fourth-order valence-electron chi connectivity index (χ4n) is 3.48. The lowest BCUT2D eigenvalue weighted by molar-refractivity contribution is -0.120. The van der Waals surface area contributed by atoms with Crippen molar-refractivity contribution in [1.82, 2.24) is 24.5 Å². The number of nitrogens with one attached hydrogen (secondary N) is 1. The molecule has 1 amide bonds. The number of hydrogen-bond acceptors (Lipinski definition) is 5. The van der Waals surface area contributed by atoms with Crippen molar-refractivity contribution in [3.05, 3.63) is 68.2 Å². The minimum atomic E-state index is -0.231. The lowest BCUT2D eigenvalue weighted by atomic mass is 10.1. The quantitative estimate of drug-likeness (QED) is 0.477. The SMILES string of the molecule is CCCNC(=O)Cc1csc2nc(C)c(-c3cc(C)n(-c4ccccc4Cl)n3)c(=O)n12. The Morgan fingerprint density at radius 1 is 1.26 bits per heavy atom. The molecule has 1 N–H and O–H groups in total. The smallest absolute Gasteiger partial charge is 0.268 e. The molecule has 0 saturated heterocycles. The van der Waals surface area contributed by atoms with Gasteiger partial charge in [-0.05, 0) is 38.5 Å². The maximum Gasteiger partial charge on any atom is 0.268 e. The summed E-state index contributed by atoms with van der Waals surface area (Å²) < 4.78 is 3.24. The van der Waals surface area contributed by atoms with E-state index in [2.05, 4.69) is 15.4 Å². The van der Waals surface area contributed by atoms with E-state index in [1.165, 1.54) is 15.7 Å². The van der Waals surface area contributed by atoms with Crippen molar-refractivity contribution in [3.63, 3.8) is 0 Å². The summed E-state index contributed by atoms with van der Waals surface area (Å²) in [5, 5.41) is 9.89. The van der Waals surface area contributed by atoms with Crippen LogP contribution in [-0.4, -0.2) is 31.6 Å². The number of halogens is 1. The van der Waals surface area contributed by atoms with E-state index in [0.29, 0.717) is 39.2 Å². The van der Waals surface area contributed by atoms with Crippen LogP contribution in [0.1, 0.15) is 30.4 Å². The van der Waals surface area contributed by atoms with E-state index in [-0.39, 0.29) is 17.9 Å². The lowest BCUT2D eigenvalue weighted by Gasteiger charge is -2.07. The van der Waals surface area contributed by atoms with E-state index in [9.17, 15) is 9.59 Å². The molecule has 0 atom stereocenters. The standard InChI is InChI=1S/C22H22ClN5O2S/c1-4-9-24-19(29)11-15-12-31-22-25-14(3)20(21(30)27(15)22)17-10-13(2)28(26-17)18-8-6-5-7-16(18)23/h5-8,10,12H,4,9,11H2,1-3H3,(H,24,29). The van der Waals surface area contributed by atoms with Gasteiger partial charge in [0, 0.05) is 23.3 Å². The first-order valence-corrected chi connectivity index (χ1v) is 11.2. The third kappa shape index (κ3) is 4.00. The summed E-state index contributed by atoms with van der Waals surface area (Å²) in [5.74, 6) is -0.116. The number of thiazole rings is 1. The van der Waals surface area contributed by atoms with Crippen LogP contribution in [0.15, 0.2) is 40.5 Å². The summed E-state index contributed by atoms with van der Waals surface area (Å²) in [6.45, 7) is 6.31. The van der Waals surface area contributed by atoms with Crippen LogP contribution in [0, 0.1) is 13.8 Å². The number of rotatable bonds is 6. The Kier molecular flexibility index (Phi) is 5.93. The number of aromatic nitrogens is 4. The van der Waals surface area contributed by atoms with Crippen molar-refractivity contribution in [2.45, 2.75) is 33.6 Å². The van der Waals surface area contributed by atoms with Crippen molar-refractivity contribution in [3.8, 4) is 16.9 Å². The molecular weight excluding hydrogens is 434 g/mol. The van der Waals surface area contributed by atoms with E-state index in [0.717, 1.165) is 17.8 Å². The molecule has 3 aromatic heterocycles. The summed E-state index contributed by atoms with van der Waals surface area (Å²) in [6, 6.07) is 9.26. The molecule has 0 fully saturated rings. The van der Waals surface area contributed by atoms with Crippen LogP contribution in [0.5, 0.6) is 0 Å². The molecule has 9 heteroatoms. The highest BCUT2D eigenvalue weighted by Crippen LogP contribution is 2.26. The molecule has 0 saturated carbocycles. The predicted molar refractivity (Wildman–Crippen MR) is 123 cm³/mol. The van der Waals surface area contributed by atoms with Gasteiger partial charge in [0.15, 0.2) is 4.96 Å². The maximum atomic E-state index is 13.5. The van der Waals surface area contributed by atoms with E-state index in [4.69, 9.17) is 11.6 Å². The first-order valence-electron chi connectivity index (χ1n) is 9.99. The largest absolute Gasteiger partial charge is 0.356 e. The minimum Gasteiger partial charge on any atom is -0.356 e. The Balaban J connectivity index is 1.81. The second-order valence-corrected chi connectivity index (χ2v) is 8.53. The number of amides is 1. The monoisotopic (exact) mass is 455 g/mol. The molecule has 3 heterocycles. The number of carbonyl (C=O) groups excluding carboxylic acids is 1. The maximum absolute atomic E-state index is 13.5. The van der Waals surface area contributed by atoms with Gasteiger partial charge < -0.3 is 5.32 Å². The molecule has 0 radical (unpaired) electrons. The topological polar surface area (TPSA) is 81.3 Å². The zero-order valence-corrected chi connectivity index (χ0v) is 19.0. The van der Waals surface area contributed by atoms with Crippen molar-refractivity contribution in [2.75, 3.05) is 6.54 Å². The minimum absolute atomic E-state index is 0.116. The third-order valence-corrected chi connectivity index (χ3v) is 6.15. The number of nitrogens with zero attached hydrogens (tertiary/aromatic N) is 4. The van der Waals surface area contributed by atoms with Gasteiger partial charge in [-0.15, -0.1) is 11.3 Å². The molecule has 0 aliphatic carbocycles. The van der Waals surface area contributed by atoms with E-state index >= 15 is 0 Å². The molecule has 7 nitrogen and oxygen atoms in total. The average Bonchev–Trinajstić information content (AvgIpc) is 3.30. The molecule has 160 valence electrons. The molecule has 4 rings (SSSR count). The first-order chi connectivity index (χ1) is 14.9. The van der Waals surface area contributed by atoms with Gasteiger partial charge in [0.05, 0.1) is 28.4 Å². The van der Waals surface area contributed by atoms with E-state index < -0.39 is 0 Å². The van der Waals surface area contributed by atoms with Gasteiger partial charge in [-0.1, -0.05) is 30.7 Å². The molecular formula is C22H22ClN5O2S. The fraction of sp³-hybridized carbons (Fsp3) is 0.273. The molecule has 31 heavy (non-hydrogen) atoms. The van der Waals surface area contributed by atoms with Crippen LogP contribution < -0.4 is 10.9 Å². The highest BCUT2D eigenvalue weighted by molar-refractivity contribution is 7.15. The highest BCUT2D eigenvalue weighted by atomic mass is 35.5.